The summed E-state index contributed by atoms with van der Waals surface area (Å²) < 4.78 is 5.22. The second-order valence-corrected chi connectivity index (χ2v) is 4.58. The maximum absolute atomic E-state index is 12.0. The fourth-order valence-corrected chi connectivity index (χ4v) is 1.85. The fraction of sp³-hybridized carbons (Fsp3) is 0.583. The Morgan fingerprint density at radius 1 is 1.26 bits per heavy atom. The van der Waals surface area contributed by atoms with Gasteiger partial charge in [0.2, 0.25) is 11.8 Å². The van der Waals surface area contributed by atoms with Crippen LogP contribution in [0.15, 0.2) is 12.2 Å². The van der Waals surface area contributed by atoms with E-state index < -0.39 is 17.9 Å². The fourth-order valence-electron chi connectivity index (χ4n) is 1.85. The molecule has 7 nitrogen and oxygen atoms in total. The lowest BCUT2D eigenvalue weighted by atomic mass is 10.2. The number of hydrogen-bond donors (Lipinski definition) is 2. The van der Waals surface area contributed by atoms with Crippen molar-refractivity contribution >= 4 is 17.8 Å². The number of carboxylic acid groups (broad SMARTS) is 1. The van der Waals surface area contributed by atoms with Gasteiger partial charge < -0.3 is 20.1 Å². The van der Waals surface area contributed by atoms with Crippen molar-refractivity contribution < 1.29 is 24.2 Å². The van der Waals surface area contributed by atoms with Gasteiger partial charge in [-0.2, -0.15) is 0 Å². The molecule has 2 aliphatic rings. The first-order valence-electron chi connectivity index (χ1n) is 6.17. The molecule has 0 aromatic carbocycles. The Labute approximate surface area is 110 Å². The van der Waals surface area contributed by atoms with Gasteiger partial charge in [0.25, 0.3) is 0 Å². The minimum Gasteiger partial charge on any atom is -0.478 e. The smallest absolute Gasteiger partial charge is 0.328 e. The van der Waals surface area contributed by atoms with Crippen LogP contribution in [0.2, 0.25) is 0 Å². The Morgan fingerprint density at radius 3 is 2.63 bits per heavy atom. The molecule has 1 unspecified atom stereocenters. The number of rotatable bonds is 4. The molecule has 2 fully saturated rings. The third-order valence-electron chi connectivity index (χ3n) is 3.01. The Bertz CT molecular complexity index is 416. The highest BCUT2D eigenvalue weighted by Crippen LogP contribution is 2.19. The van der Waals surface area contributed by atoms with E-state index in [1.807, 2.05) is 0 Å². The minimum absolute atomic E-state index is 0.144. The summed E-state index contributed by atoms with van der Waals surface area (Å²) in [7, 11) is 0. The molecule has 1 aliphatic carbocycles. The van der Waals surface area contributed by atoms with Gasteiger partial charge >= 0.3 is 5.97 Å². The molecule has 7 heteroatoms. The molecule has 2 rings (SSSR count). The second-order valence-electron chi connectivity index (χ2n) is 4.58. The number of amides is 2. The summed E-state index contributed by atoms with van der Waals surface area (Å²) in [5, 5.41) is 11.3. The van der Waals surface area contributed by atoms with Crippen LogP contribution in [0, 0.1) is 0 Å². The quantitative estimate of drug-likeness (QED) is 0.646. The first-order valence-corrected chi connectivity index (χ1v) is 6.17. The van der Waals surface area contributed by atoms with E-state index in [0.717, 1.165) is 25.0 Å². The maximum Gasteiger partial charge on any atom is 0.328 e. The molecule has 2 amide bonds. The standard InChI is InChI=1S/C12H16N2O5/c15-10(3-4-11(16)17)14-5-6-19-7-9(14)12(18)13-8-1-2-8/h3-4,8-9H,1-2,5-7H2,(H,13,18)(H,16,17)/b4-3+. The monoisotopic (exact) mass is 268 g/mol. The van der Waals surface area contributed by atoms with Crippen molar-refractivity contribution in [2.75, 3.05) is 19.8 Å². The van der Waals surface area contributed by atoms with Crippen LogP contribution in [0.4, 0.5) is 0 Å². The van der Waals surface area contributed by atoms with E-state index >= 15 is 0 Å². The van der Waals surface area contributed by atoms with Crippen LogP contribution in [0.3, 0.4) is 0 Å². The Kier molecular flexibility index (Phi) is 4.16. The summed E-state index contributed by atoms with van der Waals surface area (Å²) in [5.74, 6) is -1.92. The zero-order chi connectivity index (χ0) is 13.8. The Morgan fingerprint density at radius 2 is 2.00 bits per heavy atom. The summed E-state index contributed by atoms with van der Waals surface area (Å²) in [6.07, 6.45) is 3.66. The van der Waals surface area contributed by atoms with Crippen LogP contribution in [0.25, 0.3) is 0 Å². The van der Waals surface area contributed by atoms with Gasteiger partial charge in [-0.25, -0.2) is 4.79 Å². The van der Waals surface area contributed by atoms with Crippen LogP contribution in [0.5, 0.6) is 0 Å². The molecule has 1 saturated heterocycles. The van der Waals surface area contributed by atoms with Crippen LogP contribution in [-0.4, -0.2) is 59.6 Å². The molecule has 0 aromatic rings. The molecular formula is C12H16N2O5. The maximum atomic E-state index is 12.0. The van der Waals surface area contributed by atoms with Crippen molar-refractivity contribution in [3.8, 4) is 0 Å². The number of carbonyl (C=O) groups is 3. The van der Waals surface area contributed by atoms with Crippen molar-refractivity contribution in [2.45, 2.75) is 24.9 Å². The molecule has 0 radical (unpaired) electrons. The lowest BCUT2D eigenvalue weighted by Crippen LogP contribution is -2.55. The van der Waals surface area contributed by atoms with E-state index in [1.54, 1.807) is 0 Å². The second kappa shape index (κ2) is 5.83. The zero-order valence-corrected chi connectivity index (χ0v) is 10.4. The van der Waals surface area contributed by atoms with Gasteiger partial charge in [-0.3, -0.25) is 9.59 Å². The molecule has 1 heterocycles. The van der Waals surface area contributed by atoms with Crippen molar-refractivity contribution in [1.29, 1.82) is 0 Å². The molecule has 104 valence electrons. The number of carbonyl (C=O) groups excluding carboxylic acids is 2. The summed E-state index contributed by atoms with van der Waals surface area (Å²) in [5.41, 5.74) is 0. The molecular weight excluding hydrogens is 252 g/mol. The highest BCUT2D eigenvalue weighted by Gasteiger charge is 2.34. The SMILES string of the molecule is O=C(O)/C=C/C(=O)N1CCOCC1C(=O)NC1CC1. The number of nitrogens with zero attached hydrogens (tertiary/aromatic N) is 1. The van der Waals surface area contributed by atoms with Crippen molar-refractivity contribution in [3.63, 3.8) is 0 Å². The number of aliphatic carboxylic acids is 1. The molecule has 0 spiro atoms. The average molecular weight is 268 g/mol. The highest BCUT2D eigenvalue weighted by molar-refractivity contribution is 5.96. The van der Waals surface area contributed by atoms with Crippen LogP contribution >= 0.6 is 0 Å². The number of carboxylic acids is 1. The van der Waals surface area contributed by atoms with E-state index in [0.29, 0.717) is 6.61 Å². The predicted octanol–water partition coefficient (Wildman–Crippen LogP) is -0.867. The Hall–Kier alpha value is -1.89. The molecule has 1 atom stereocenters. The largest absolute Gasteiger partial charge is 0.478 e. The van der Waals surface area contributed by atoms with Gasteiger partial charge in [0, 0.05) is 24.7 Å². The Balaban J connectivity index is 1.99. The molecule has 1 aliphatic heterocycles. The van der Waals surface area contributed by atoms with Crippen molar-refractivity contribution in [2.24, 2.45) is 0 Å². The van der Waals surface area contributed by atoms with Crippen LogP contribution in [0.1, 0.15) is 12.8 Å². The molecule has 1 saturated carbocycles. The first kappa shape index (κ1) is 13.5. The van der Waals surface area contributed by atoms with Crippen LogP contribution in [-0.2, 0) is 19.1 Å². The molecule has 2 N–H and O–H groups in total. The molecule has 19 heavy (non-hydrogen) atoms. The van der Waals surface area contributed by atoms with Crippen LogP contribution < -0.4 is 5.32 Å². The summed E-state index contributed by atoms with van der Waals surface area (Å²) >= 11 is 0. The molecule has 0 aromatic heterocycles. The van der Waals surface area contributed by atoms with Crippen molar-refractivity contribution in [1.82, 2.24) is 10.2 Å². The van der Waals surface area contributed by atoms with Gasteiger partial charge in [-0.05, 0) is 12.8 Å². The van der Waals surface area contributed by atoms with Gasteiger partial charge in [0.15, 0.2) is 0 Å². The van der Waals surface area contributed by atoms with E-state index in [4.69, 9.17) is 9.84 Å². The third kappa shape index (κ3) is 3.78. The number of hydrogen-bond acceptors (Lipinski definition) is 4. The highest BCUT2D eigenvalue weighted by atomic mass is 16.5. The van der Waals surface area contributed by atoms with E-state index in [-0.39, 0.29) is 25.1 Å². The lowest BCUT2D eigenvalue weighted by Gasteiger charge is -2.33. The average Bonchev–Trinajstić information content (AvgIpc) is 3.19. The van der Waals surface area contributed by atoms with Gasteiger partial charge in [0.05, 0.1) is 13.2 Å². The summed E-state index contributed by atoms with van der Waals surface area (Å²) in [6.45, 7) is 0.774. The normalized spacial score (nSPS) is 23.4. The topological polar surface area (TPSA) is 95.9 Å². The third-order valence-corrected chi connectivity index (χ3v) is 3.01. The first-order chi connectivity index (χ1) is 9.08. The van der Waals surface area contributed by atoms with E-state index in [1.165, 1.54) is 4.90 Å². The summed E-state index contributed by atoms with van der Waals surface area (Å²) in [4.78, 5) is 35.6. The van der Waals surface area contributed by atoms with E-state index in [9.17, 15) is 14.4 Å². The number of ether oxygens (including phenoxy) is 1. The van der Waals surface area contributed by atoms with Gasteiger partial charge in [0.1, 0.15) is 6.04 Å². The summed E-state index contributed by atoms with van der Waals surface area (Å²) in [6, 6.07) is -0.471. The van der Waals surface area contributed by atoms with Gasteiger partial charge in [-0.1, -0.05) is 0 Å². The number of morpholine rings is 1. The molecule has 0 bridgehead atoms. The van der Waals surface area contributed by atoms with E-state index in [2.05, 4.69) is 5.32 Å². The number of nitrogens with one attached hydrogen (secondary N) is 1. The lowest BCUT2D eigenvalue weighted by molar-refractivity contribution is -0.145. The van der Waals surface area contributed by atoms with Crippen molar-refractivity contribution in [3.05, 3.63) is 12.2 Å². The minimum atomic E-state index is -1.19. The van der Waals surface area contributed by atoms with Gasteiger partial charge in [-0.15, -0.1) is 0 Å². The zero-order valence-electron chi connectivity index (χ0n) is 10.4. The predicted molar refractivity (Wildman–Crippen MR) is 64.3 cm³/mol.